The monoisotopic (exact) mass is 638 g/mol. The molecule has 0 N–H and O–H groups in total. The Bertz CT molecular complexity index is 2790. The highest BCUT2D eigenvalue weighted by molar-refractivity contribution is 6.18. The molecular weight excluding hydrogens is 609 g/mol. The molecule has 7 aromatic carbocycles. The fraction of sp³-hybridized carbons (Fsp3) is 0. The molecule has 3 aromatic heterocycles. The molecule has 3 heterocycles. The third kappa shape index (κ3) is 4.61. The van der Waals surface area contributed by atoms with Crippen LogP contribution in [0.4, 0.5) is 0 Å². The Hall–Kier alpha value is -6.78. The van der Waals surface area contributed by atoms with Crippen LogP contribution in [0.15, 0.2) is 182 Å². The summed E-state index contributed by atoms with van der Waals surface area (Å²) >= 11 is 0. The summed E-state index contributed by atoms with van der Waals surface area (Å²) in [5.41, 5.74) is 10.6. The van der Waals surface area contributed by atoms with Gasteiger partial charge in [-0.15, -0.1) is 0 Å². The van der Waals surface area contributed by atoms with Gasteiger partial charge in [0.05, 0.1) is 27.9 Å². The zero-order valence-corrected chi connectivity index (χ0v) is 27.1. The third-order valence-electron chi connectivity index (χ3n) is 9.74. The smallest absolute Gasteiger partial charge is 0.160 e. The molecule has 0 fully saturated rings. The van der Waals surface area contributed by atoms with E-state index in [1.807, 2.05) is 12.1 Å². The van der Waals surface area contributed by atoms with Crippen LogP contribution >= 0.6 is 0 Å². The number of benzene rings is 7. The molecule has 0 saturated heterocycles. The lowest BCUT2D eigenvalue weighted by Gasteiger charge is -2.12. The van der Waals surface area contributed by atoms with Gasteiger partial charge in [0.25, 0.3) is 0 Å². The Morgan fingerprint density at radius 2 is 0.980 bits per heavy atom. The van der Waals surface area contributed by atoms with Crippen molar-refractivity contribution in [2.24, 2.45) is 0 Å². The Morgan fingerprint density at radius 3 is 1.72 bits per heavy atom. The Kier molecular flexibility index (Phi) is 6.46. The molecule has 10 aromatic rings. The minimum Gasteiger partial charge on any atom is -0.317 e. The van der Waals surface area contributed by atoms with Crippen molar-refractivity contribution in [3.8, 4) is 45.3 Å². The molecule has 10 rings (SSSR count). The number of rotatable bonds is 5. The van der Waals surface area contributed by atoms with Crippen LogP contribution in [0.3, 0.4) is 0 Å². The average molecular weight is 639 g/mol. The van der Waals surface area contributed by atoms with E-state index in [9.17, 15) is 0 Å². The third-order valence-corrected chi connectivity index (χ3v) is 9.74. The Labute approximate surface area is 289 Å². The number of hydrogen-bond acceptors (Lipinski definition) is 2. The zero-order chi connectivity index (χ0) is 33.0. The van der Waals surface area contributed by atoms with E-state index in [1.165, 1.54) is 38.0 Å². The SMILES string of the molecule is c1ccc(-c2cc(-c3ccccc3)nc(-c3cccc(-n4c5ccccc5c5cc6c(ccc7c6ccn7-c6ccccc6)cc54)c3)n2)cc1. The van der Waals surface area contributed by atoms with Gasteiger partial charge in [0.1, 0.15) is 0 Å². The van der Waals surface area contributed by atoms with Crippen molar-refractivity contribution in [1.29, 1.82) is 0 Å². The van der Waals surface area contributed by atoms with Crippen molar-refractivity contribution in [2.45, 2.75) is 0 Å². The molecule has 234 valence electrons. The summed E-state index contributed by atoms with van der Waals surface area (Å²) in [6.45, 7) is 0. The second-order valence-electron chi connectivity index (χ2n) is 12.7. The van der Waals surface area contributed by atoms with E-state index in [4.69, 9.17) is 9.97 Å². The van der Waals surface area contributed by atoms with Crippen LogP contribution in [-0.4, -0.2) is 19.1 Å². The fourth-order valence-corrected chi connectivity index (χ4v) is 7.38. The van der Waals surface area contributed by atoms with Gasteiger partial charge < -0.3 is 9.13 Å². The van der Waals surface area contributed by atoms with Crippen LogP contribution in [0.2, 0.25) is 0 Å². The number of para-hydroxylation sites is 2. The summed E-state index contributed by atoms with van der Waals surface area (Å²) in [5, 5.41) is 6.16. The van der Waals surface area contributed by atoms with Gasteiger partial charge in [-0.2, -0.15) is 0 Å². The number of aromatic nitrogens is 4. The molecule has 0 radical (unpaired) electrons. The van der Waals surface area contributed by atoms with Crippen LogP contribution in [0.5, 0.6) is 0 Å². The number of nitrogens with zero attached hydrogens (tertiary/aromatic N) is 4. The molecule has 50 heavy (non-hydrogen) atoms. The van der Waals surface area contributed by atoms with Gasteiger partial charge in [0.15, 0.2) is 5.82 Å². The fourth-order valence-electron chi connectivity index (χ4n) is 7.38. The molecule has 0 spiro atoms. The maximum absolute atomic E-state index is 5.12. The van der Waals surface area contributed by atoms with E-state index < -0.39 is 0 Å². The molecule has 0 atom stereocenters. The molecule has 4 heteroatoms. The van der Waals surface area contributed by atoms with Crippen molar-refractivity contribution in [1.82, 2.24) is 19.1 Å². The summed E-state index contributed by atoms with van der Waals surface area (Å²) in [4.78, 5) is 10.2. The van der Waals surface area contributed by atoms with E-state index in [2.05, 4.69) is 179 Å². The molecule has 0 amide bonds. The standard InChI is InChI=1S/C46H30N4/c1-4-13-31(14-5-1)41-30-42(32-15-6-2-7-16-32)48-46(47-41)34-17-12-20-36(27-34)50-44-22-11-10-21-37(44)40-29-39-33(28-45(40)50)23-24-43-38(39)25-26-49(43)35-18-8-3-9-19-35/h1-30H. The van der Waals surface area contributed by atoms with Gasteiger partial charge >= 0.3 is 0 Å². The van der Waals surface area contributed by atoms with E-state index in [0.717, 1.165) is 45.0 Å². The first-order chi connectivity index (χ1) is 24.8. The second-order valence-corrected chi connectivity index (χ2v) is 12.7. The van der Waals surface area contributed by atoms with Gasteiger partial charge in [-0.05, 0) is 71.4 Å². The lowest BCUT2D eigenvalue weighted by Crippen LogP contribution is -1.98. The summed E-state index contributed by atoms with van der Waals surface area (Å²) in [6.07, 6.45) is 2.18. The lowest BCUT2D eigenvalue weighted by molar-refractivity contribution is 1.13. The second kappa shape index (κ2) is 11.4. The summed E-state index contributed by atoms with van der Waals surface area (Å²) < 4.78 is 4.65. The predicted molar refractivity (Wildman–Crippen MR) is 207 cm³/mol. The molecule has 0 unspecified atom stereocenters. The first-order valence-electron chi connectivity index (χ1n) is 16.9. The van der Waals surface area contributed by atoms with E-state index >= 15 is 0 Å². The molecule has 0 aliphatic heterocycles. The molecular formula is C46H30N4. The van der Waals surface area contributed by atoms with Gasteiger partial charge in [-0.1, -0.05) is 115 Å². The van der Waals surface area contributed by atoms with E-state index in [0.29, 0.717) is 5.82 Å². The minimum absolute atomic E-state index is 0.698. The molecule has 0 saturated carbocycles. The topological polar surface area (TPSA) is 35.6 Å². The van der Waals surface area contributed by atoms with Crippen LogP contribution in [-0.2, 0) is 0 Å². The average Bonchev–Trinajstić information content (AvgIpc) is 3.77. The highest BCUT2D eigenvalue weighted by atomic mass is 15.0. The maximum atomic E-state index is 5.12. The maximum Gasteiger partial charge on any atom is 0.160 e. The molecule has 0 aliphatic rings. The first-order valence-corrected chi connectivity index (χ1v) is 16.9. The van der Waals surface area contributed by atoms with Crippen LogP contribution in [0.25, 0.3) is 88.8 Å². The van der Waals surface area contributed by atoms with Crippen molar-refractivity contribution in [3.05, 3.63) is 182 Å². The highest BCUT2D eigenvalue weighted by Crippen LogP contribution is 2.38. The van der Waals surface area contributed by atoms with Crippen molar-refractivity contribution in [3.63, 3.8) is 0 Å². The molecule has 4 nitrogen and oxygen atoms in total. The Morgan fingerprint density at radius 1 is 0.360 bits per heavy atom. The lowest BCUT2D eigenvalue weighted by atomic mass is 10.0. The normalized spacial score (nSPS) is 11.6. The van der Waals surface area contributed by atoms with E-state index in [-0.39, 0.29) is 0 Å². The largest absolute Gasteiger partial charge is 0.317 e. The Balaban J connectivity index is 1.16. The van der Waals surface area contributed by atoms with Crippen LogP contribution < -0.4 is 0 Å². The van der Waals surface area contributed by atoms with Crippen molar-refractivity contribution >= 4 is 43.5 Å². The predicted octanol–water partition coefficient (Wildman–Crippen LogP) is 11.7. The van der Waals surface area contributed by atoms with Gasteiger partial charge in [0, 0.05) is 50.4 Å². The summed E-state index contributed by atoms with van der Waals surface area (Å²) in [7, 11) is 0. The van der Waals surface area contributed by atoms with Crippen molar-refractivity contribution in [2.75, 3.05) is 0 Å². The van der Waals surface area contributed by atoms with Gasteiger partial charge in [-0.3, -0.25) is 0 Å². The summed E-state index contributed by atoms with van der Waals surface area (Å²) in [6, 6.07) is 62.1. The first kappa shape index (κ1) is 28.3. The quantitative estimate of drug-likeness (QED) is 0.188. The minimum atomic E-state index is 0.698. The number of fused-ring (bicyclic) bond motifs is 6. The highest BCUT2D eigenvalue weighted by Gasteiger charge is 2.17. The number of hydrogen-bond donors (Lipinski definition) is 0. The molecule has 0 aliphatic carbocycles. The van der Waals surface area contributed by atoms with Crippen molar-refractivity contribution < 1.29 is 0 Å². The van der Waals surface area contributed by atoms with Crippen LogP contribution in [0.1, 0.15) is 0 Å². The zero-order valence-electron chi connectivity index (χ0n) is 27.1. The van der Waals surface area contributed by atoms with Gasteiger partial charge in [-0.25, -0.2) is 9.97 Å². The molecule has 0 bridgehead atoms. The van der Waals surface area contributed by atoms with Gasteiger partial charge in [0.2, 0.25) is 0 Å². The van der Waals surface area contributed by atoms with E-state index in [1.54, 1.807) is 0 Å². The van der Waals surface area contributed by atoms with Crippen LogP contribution in [0, 0.1) is 0 Å². The summed E-state index contributed by atoms with van der Waals surface area (Å²) in [5.74, 6) is 0.698.